The van der Waals surface area contributed by atoms with E-state index in [1.807, 2.05) is 30.1 Å². The van der Waals surface area contributed by atoms with Crippen molar-refractivity contribution >= 4 is 15.9 Å². The molecule has 1 N–H and O–H groups in total. The minimum absolute atomic E-state index is 0.851. The summed E-state index contributed by atoms with van der Waals surface area (Å²) in [5.41, 5.74) is 3.54. The molecule has 0 bridgehead atoms. The van der Waals surface area contributed by atoms with Gasteiger partial charge in [0.2, 0.25) is 0 Å². The molecule has 4 heteroatoms. The number of hydrogen-bond acceptors (Lipinski definition) is 2. The first-order valence-electron chi connectivity index (χ1n) is 5.71. The molecule has 0 aliphatic rings. The first-order valence-corrected chi connectivity index (χ1v) is 6.51. The Hall–Kier alpha value is -1.13. The molecule has 0 saturated heterocycles. The molecule has 3 nitrogen and oxygen atoms in total. The van der Waals surface area contributed by atoms with Gasteiger partial charge in [-0.3, -0.25) is 0 Å². The Morgan fingerprint density at radius 3 is 2.88 bits per heavy atom. The third-order valence-electron chi connectivity index (χ3n) is 2.57. The Kier molecular flexibility index (Phi) is 3.97. The van der Waals surface area contributed by atoms with Crippen molar-refractivity contribution < 1.29 is 0 Å². The second-order valence-corrected chi connectivity index (χ2v) is 4.93. The molecule has 17 heavy (non-hydrogen) atoms. The van der Waals surface area contributed by atoms with E-state index >= 15 is 0 Å². The first-order chi connectivity index (χ1) is 8.20. The molecule has 0 fully saturated rings. The fourth-order valence-electron chi connectivity index (χ4n) is 1.72. The van der Waals surface area contributed by atoms with Crippen LogP contribution in [0.1, 0.15) is 18.1 Å². The van der Waals surface area contributed by atoms with E-state index in [9.17, 15) is 0 Å². The summed E-state index contributed by atoms with van der Waals surface area (Å²) in [5, 5.41) is 7.70. The average molecular weight is 294 g/mol. The summed E-state index contributed by atoms with van der Waals surface area (Å²) in [4.78, 5) is 0. The maximum absolute atomic E-state index is 4.36. The predicted octanol–water partition coefficient (Wildman–Crippen LogP) is 3.05. The van der Waals surface area contributed by atoms with Crippen molar-refractivity contribution in [2.75, 3.05) is 6.54 Å². The van der Waals surface area contributed by atoms with E-state index in [0.29, 0.717) is 0 Å². The van der Waals surface area contributed by atoms with Crippen LogP contribution in [-0.2, 0) is 6.54 Å². The van der Waals surface area contributed by atoms with Crippen molar-refractivity contribution in [3.8, 4) is 5.69 Å². The fraction of sp³-hybridized carbons (Fsp3) is 0.308. The van der Waals surface area contributed by atoms with Gasteiger partial charge in [0.25, 0.3) is 0 Å². The van der Waals surface area contributed by atoms with Gasteiger partial charge in [-0.25, -0.2) is 4.68 Å². The van der Waals surface area contributed by atoms with E-state index in [-0.39, 0.29) is 0 Å². The van der Waals surface area contributed by atoms with Crippen LogP contribution in [0.25, 0.3) is 5.69 Å². The summed E-state index contributed by atoms with van der Waals surface area (Å²) < 4.78 is 3.02. The van der Waals surface area contributed by atoms with Gasteiger partial charge in [0.1, 0.15) is 0 Å². The highest BCUT2D eigenvalue weighted by Crippen LogP contribution is 2.20. The molecule has 0 atom stereocenters. The van der Waals surface area contributed by atoms with E-state index in [2.05, 4.69) is 45.4 Å². The largest absolute Gasteiger partial charge is 0.313 e. The van der Waals surface area contributed by atoms with Crippen LogP contribution in [-0.4, -0.2) is 16.3 Å². The van der Waals surface area contributed by atoms with Crippen LogP contribution in [0.4, 0.5) is 0 Å². The zero-order chi connectivity index (χ0) is 12.3. The first kappa shape index (κ1) is 12.3. The van der Waals surface area contributed by atoms with E-state index in [4.69, 9.17) is 0 Å². The summed E-state index contributed by atoms with van der Waals surface area (Å²) in [5.74, 6) is 0. The normalized spacial score (nSPS) is 10.8. The van der Waals surface area contributed by atoms with E-state index in [1.165, 1.54) is 11.1 Å². The molecule has 0 aliphatic heterocycles. The predicted molar refractivity (Wildman–Crippen MR) is 73.4 cm³/mol. The molecular formula is C13H16BrN3. The van der Waals surface area contributed by atoms with Crippen molar-refractivity contribution in [2.24, 2.45) is 0 Å². The molecule has 0 unspecified atom stereocenters. The summed E-state index contributed by atoms with van der Waals surface area (Å²) in [6.07, 6.45) is 3.91. The topological polar surface area (TPSA) is 29.9 Å². The number of rotatable bonds is 4. The third-order valence-corrected chi connectivity index (χ3v) is 3.06. The molecule has 90 valence electrons. The number of hydrogen-bond donors (Lipinski definition) is 1. The molecule has 0 saturated carbocycles. The molecule has 1 aromatic carbocycles. The number of benzene rings is 1. The number of nitrogens with zero attached hydrogens (tertiary/aromatic N) is 2. The van der Waals surface area contributed by atoms with Crippen LogP contribution in [0.15, 0.2) is 35.1 Å². The van der Waals surface area contributed by atoms with Crippen LogP contribution in [0.2, 0.25) is 0 Å². The zero-order valence-electron chi connectivity index (χ0n) is 10.1. The Bertz CT molecular complexity index is 505. The average Bonchev–Trinajstić information content (AvgIpc) is 2.73. The lowest BCUT2D eigenvalue weighted by molar-refractivity contribution is 0.716. The van der Waals surface area contributed by atoms with Gasteiger partial charge in [0.05, 0.1) is 11.9 Å². The Balaban J connectivity index is 2.38. The SMILES string of the molecule is CCNCc1cc(Br)ccc1-n1cc(C)cn1. The summed E-state index contributed by atoms with van der Waals surface area (Å²) in [6.45, 7) is 5.97. The van der Waals surface area contributed by atoms with E-state index in [0.717, 1.165) is 23.2 Å². The smallest absolute Gasteiger partial charge is 0.0691 e. The Morgan fingerprint density at radius 1 is 1.41 bits per heavy atom. The van der Waals surface area contributed by atoms with Crippen LogP contribution in [0.5, 0.6) is 0 Å². The standard InChI is InChI=1S/C13H16BrN3/c1-3-15-8-11-6-12(14)4-5-13(11)17-9-10(2)7-16-17/h4-7,9,15H,3,8H2,1-2H3. The quantitative estimate of drug-likeness (QED) is 0.939. The van der Waals surface area contributed by atoms with Crippen LogP contribution >= 0.6 is 15.9 Å². The van der Waals surface area contributed by atoms with Gasteiger partial charge in [-0.1, -0.05) is 22.9 Å². The number of aryl methyl sites for hydroxylation is 1. The molecule has 2 rings (SSSR count). The monoisotopic (exact) mass is 293 g/mol. The Labute approximate surface area is 110 Å². The van der Waals surface area contributed by atoms with Gasteiger partial charge < -0.3 is 5.32 Å². The molecule has 0 radical (unpaired) electrons. The van der Waals surface area contributed by atoms with Crippen LogP contribution < -0.4 is 5.32 Å². The Morgan fingerprint density at radius 2 is 2.24 bits per heavy atom. The van der Waals surface area contributed by atoms with Crippen molar-refractivity contribution in [1.82, 2.24) is 15.1 Å². The minimum atomic E-state index is 0.851. The maximum Gasteiger partial charge on any atom is 0.0691 e. The number of aromatic nitrogens is 2. The highest BCUT2D eigenvalue weighted by Gasteiger charge is 2.06. The van der Waals surface area contributed by atoms with E-state index in [1.54, 1.807) is 0 Å². The summed E-state index contributed by atoms with van der Waals surface area (Å²) >= 11 is 3.51. The van der Waals surface area contributed by atoms with Crippen molar-refractivity contribution in [1.29, 1.82) is 0 Å². The molecule has 0 spiro atoms. The second kappa shape index (κ2) is 5.47. The summed E-state index contributed by atoms with van der Waals surface area (Å²) in [7, 11) is 0. The third kappa shape index (κ3) is 2.96. The molecule has 1 aromatic heterocycles. The van der Waals surface area contributed by atoms with Gasteiger partial charge in [-0.2, -0.15) is 5.10 Å². The highest BCUT2D eigenvalue weighted by atomic mass is 79.9. The lowest BCUT2D eigenvalue weighted by Gasteiger charge is -2.10. The molecule has 0 aliphatic carbocycles. The van der Waals surface area contributed by atoms with Crippen LogP contribution in [0, 0.1) is 6.92 Å². The lowest BCUT2D eigenvalue weighted by Crippen LogP contribution is -2.14. The highest BCUT2D eigenvalue weighted by molar-refractivity contribution is 9.10. The van der Waals surface area contributed by atoms with Crippen LogP contribution in [0.3, 0.4) is 0 Å². The molecular weight excluding hydrogens is 278 g/mol. The lowest BCUT2D eigenvalue weighted by atomic mass is 10.2. The molecule has 1 heterocycles. The zero-order valence-corrected chi connectivity index (χ0v) is 11.7. The second-order valence-electron chi connectivity index (χ2n) is 4.02. The van der Waals surface area contributed by atoms with E-state index < -0.39 is 0 Å². The fourth-order valence-corrected chi connectivity index (χ4v) is 2.13. The molecule has 0 amide bonds. The van der Waals surface area contributed by atoms with Gasteiger partial charge in [-0.05, 0) is 42.8 Å². The van der Waals surface area contributed by atoms with Gasteiger partial charge in [0, 0.05) is 17.2 Å². The van der Waals surface area contributed by atoms with Gasteiger partial charge in [-0.15, -0.1) is 0 Å². The van der Waals surface area contributed by atoms with Crippen molar-refractivity contribution in [3.05, 3.63) is 46.2 Å². The van der Waals surface area contributed by atoms with Crippen molar-refractivity contribution in [2.45, 2.75) is 20.4 Å². The number of halogens is 1. The van der Waals surface area contributed by atoms with Crippen molar-refractivity contribution in [3.63, 3.8) is 0 Å². The van der Waals surface area contributed by atoms with Gasteiger partial charge >= 0.3 is 0 Å². The number of nitrogens with one attached hydrogen (secondary N) is 1. The van der Waals surface area contributed by atoms with Gasteiger partial charge in [0.15, 0.2) is 0 Å². The maximum atomic E-state index is 4.36. The summed E-state index contributed by atoms with van der Waals surface area (Å²) in [6, 6.07) is 6.26. The minimum Gasteiger partial charge on any atom is -0.313 e. The molecule has 2 aromatic rings.